The van der Waals surface area contributed by atoms with Crippen molar-refractivity contribution in [1.82, 2.24) is 15.0 Å². The Bertz CT molecular complexity index is 319. The van der Waals surface area contributed by atoms with Crippen LogP contribution in [0, 0.1) is 12.2 Å². The van der Waals surface area contributed by atoms with Crippen molar-refractivity contribution in [1.29, 1.82) is 0 Å². The summed E-state index contributed by atoms with van der Waals surface area (Å²) < 4.78 is 0. The summed E-state index contributed by atoms with van der Waals surface area (Å²) >= 11 is 0. The molecule has 15 heavy (non-hydrogen) atoms. The molecular weight excluding hydrogens is 188 g/mol. The van der Waals surface area contributed by atoms with Crippen molar-refractivity contribution in [2.45, 2.75) is 19.3 Å². The maximum Gasteiger partial charge on any atom is 0.199 e. The highest BCUT2D eigenvalue weighted by Gasteiger charge is 2.29. The van der Waals surface area contributed by atoms with E-state index in [4.69, 9.17) is 0 Å². The van der Waals surface area contributed by atoms with Crippen LogP contribution >= 0.6 is 0 Å². The Kier molecular flexibility index (Phi) is 2.29. The van der Waals surface area contributed by atoms with E-state index in [1.807, 2.05) is 6.07 Å². The average Bonchev–Trinajstić information content (AvgIpc) is 2.63. The van der Waals surface area contributed by atoms with Crippen LogP contribution in [-0.2, 0) is 0 Å². The Balaban J connectivity index is 1.86. The van der Waals surface area contributed by atoms with Gasteiger partial charge >= 0.3 is 0 Å². The summed E-state index contributed by atoms with van der Waals surface area (Å²) in [7, 11) is 0. The highest BCUT2D eigenvalue weighted by molar-refractivity contribution is 5.35. The molecule has 0 saturated carbocycles. The van der Waals surface area contributed by atoms with Crippen molar-refractivity contribution in [2.24, 2.45) is 5.92 Å². The van der Waals surface area contributed by atoms with Crippen molar-refractivity contribution >= 4 is 5.82 Å². The molecule has 0 unspecified atom stereocenters. The highest BCUT2D eigenvalue weighted by atomic mass is 15.6. The minimum atomic E-state index is 0.928. The third-order valence-electron chi connectivity index (χ3n) is 3.47. The van der Waals surface area contributed by atoms with Crippen LogP contribution in [0.15, 0.2) is 12.3 Å². The molecule has 4 rings (SSSR count). The monoisotopic (exact) mass is 203 g/mol. The number of hydrogen-bond acceptors (Lipinski definition) is 4. The van der Waals surface area contributed by atoms with Crippen molar-refractivity contribution in [3.63, 3.8) is 0 Å². The standard InChI is InChI=1S/C11H15N4/c1-5-12-9-13-11(1)15-8-4-10-2-6-14(15)7-3-10/h1,5,10H,2-4,6-8H2. The molecule has 3 fully saturated rings. The van der Waals surface area contributed by atoms with E-state index in [9.17, 15) is 0 Å². The first kappa shape index (κ1) is 9.09. The van der Waals surface area contributed by atoms with Crippen molar-refractivity contribution < 1.29 is 0 Å². The molecule has 3 aliphatic heterocycles. The first-order chi connectivity index (χ1) is 7.43. The Hall–Kier alpha value is -1.16. The Labute approximate surface area is 89.9 Å². The van der Waals surface area contributed by atoms with Gasteiger partial charge in [-0.3, -0.25) is 5.01 Å². The molecule has 3 aliphatic rings. The van der Waals surface area contributed by atoms with Crippen LogP contribution in [0.1, 0.15) is 19.3 Å². The van der Waals surface area contributed by atoms with Crippen LogP contribution in [0.3, 0.4) is 0 Å². The van der Waals surface area contributed by atoms with Crippen molar-refractivity contribution in [3.05, 3.63) is 18.6 Å². The highest BCUT2D eigenvalue weighted by Crippen LogP contribution is 2.28. The Morgan fingerprint density at radius 1 is 1.20 bits per heavy atom. The van der Waals surface area contributed by atoms with E-state index in [1.165, 1.54) is 32.4 Å². The van der Waals surface area contributed by atoms with Gasteiger partial charge in [0.25, 0.3) is 0 Å². The maximum atomic E-state index is 4.21. The molecule has 0 aromatic carbocycles. The number of fused-ring (bicyclic) bond motifs is 4. The molecule has 1 radical (unpaired) electrons. The van der Waals surface area contributed by atoms with Crippen LogP contribution in [0.25, 0.3) is 0 Å². The molecule has 3 saturated heterocycles. The third-order valence-corrected chi connectivity index (χ3v) is 3.47. The summed E-state index contributed by atoms with van der Waals surface area (Å²) in [5.41, 5.74) is 0. The minimum Gasteiger partial charge on any atom is -0.289 e. The number of nitrogens with zero attached hydrogens (tertiary/aromatic N) is 4. The summed E-state index contributed by atoms with van der Waals surface area (Å²) in [6, 6.07) is 1.97. The number of hydrogen-bond donors (Lipinski definition) is 0. The second kappa shape index (κ2) is 3.77. The lowest BCUT2D eigenvalue weighted by molar-refractivity contribution is 0.206. The fourth-order valence-electron chi connectivity index (χ4n) is 2.55. The number of piperidine rings is 1. The molecule has 0 amide bonds. The van der Waals surface area contributed by atoms with Crippen molar-refractivity contribution in [2.75, 3.05) is 24.6 Å². The fourth-order valence-corrected chi connectivity index (χ4v) is 2.55. The summed E-state index contributed by atoms with van der Waals surface area (Å²) in [6.45, 7) is 3.44. The van der Waals surface area contributed by atoms with Gasteiger partial charge < -0.3 is 0 Å². The second-order valence-corrected chi connectivity index (χ2v) is 4.32. The first-order valence-corrected chi connectivity index (χ1v) is 5.65. The van der Waals surface area contributed by atoms with Gasteiger partial charge in [-0.1, -0.05) is 0 Å². The zero-order valence-electron chi connectivity index (χ0n) is 8.76. The van der Waals surface area contributed by atoms with Crippen molar-refractivity contribution in [3.8, 4) is 0 Å². The van der Waals surface area contributed by atoms with Gasteiger partial charge in [0.1, 0.15) is 5.82 Å². The van der Waals surface area contributed by atoms with E-state index in [1.54, 1.807) is 6.20 Å². The largest absolute Gasteiger partial charge is 0.289 e. The van der Waals surface area contributed by atoms with E-state index in [2.05, 4.69) is 26.3 Å². The lowest BCUT2D eigenvalue weighted by Gasteiger charge is -2.34. The summed E-state index contributed by atoms with van der Waals surface area (Å²) in [6.07, 6.45) is 8.40. The molecular formula is C11H15N4. The number of anilines is 1. The van der Waals surface area contributed by atoms with Crippen LogP contribution in [-0.4, -0.2) is 34.6 Å². The zero-order valence-corrected chi connectivity index (χ0v) is 8.76. The molecule has 4 heterocycles. The molecule has 1 aromatic rings. The topological polar surface area (TPSA) is 32.3 Å². The predicted molar refractivity (Wildman–Crippen MR) is 57.1 cm³/mol. The van der Waals surface area contributed by atoms with Gasteiger partial charge in [0.15, 0.2) is 6.33 Å². The number of rotatable bonds is 1. The third kappa shape index (κ3) is 1.69. The molecule has 79 valence electrons. The van der Waals surface area contributed by atoms with Gasteiger partial charge in [-0.05, 0) is 25.2 Å². The van der Waals surface area contributed by atoms with E-state index in [0.29, 0.717) is 0 Å². The van der Waals surface area contributed by atoms with Gasteiger partial charge in [-0.2, -0.15) is 0 Å². The first-order valence-electron chi connectivity index (χ1n) is 5.65. The lowest BCUT2D eigenvalue weighted by atomic mass is 9.96. The van der Waals surface area contributed by atoms with Gasteiger partial charge in [0, 0.05) is 31.9 Å². The quantitative estimate of drug-likeness (QED) is 0.684. The van der Waals surface area contributed by atoms with E-state index in [-0.39, 0.29) is 0 Å². The molecule has 0 spiro atoms. The van der Waals surface area contributed by atoms with Crippen LogP contribution in [0.2, 0.25) is 0 Å². The summed E-state index contributed by atoms with van der Waals surface area (Å²) in [5, 5.41) is 4.71. The van der Waals surface area contributed by atoms with Gasteiger partial charge in [0.2, 0.25) is 0 Å². The van der Waals surface area contributed by atoms with Gasteiger partial charge in [0.05, 0.1) is 0 Å². The molecule has 2 bridgehead atoms. The van der Waals surface area contributed by atoms with Crippen LogP contribution in [0.4, 0.5) is 5.82 Å². The average molecular weight is 203 g/mol. The number of aromatic nitrogens is 2. The normalized spacial score (nSPS) is 30.3. The molecule has 0 N–H and O–H groups in total. The molecule has 0 aliphatic carbocycles. The van der Waals surface area contributed by atoms with E-state index in [0.717, 1.165) is 18.3 Å². The van der Waals surface area contributed by atoms with E-state index < -0.39 is 0 Å². The molecule has 4 heteroatoms. The fraction of sp³-hybridized carbons (Fsp3) is 0.636. The molecule has 1 aromatic heterocycles. The lowest BCUT2D eigenvalue weighted by Crippen LogP contribution is -2.44. The summed E-state index contributed by atoms with van der Waals surface area (Å²) in [5.74, 6) is 1.92. The maximum absolute atomic E-state index is 4.21. The SMILES string of the molecule is [c]1nccc(N2CCC3CCN2CC3)n1. The van der Waals surface area contributed by atoms with Crippen LogP contribution in [0.5, 0.6) is 0 Å². The summed E-state index contributed by atoms with van der Waals surface area (Å²) in [4.78, 5) is 8.05. The minimum absolute atomic E-state index is 0.928. The van der Waals surface area contributed by atoms with Crippen LogP contribution < -0.4 is 5.01 Å². The van der Waals surface area contributed by atoms with E-state index >= 15 is 0 Å². The number of hydrazine groups is 1. The second-order valence-electron chi connectivity index (χ2n) is 4.32. The zero-order chi connectivity index (χ0) is 10.1. The molecule has 0 atom stereocenters. The Morgan fingerprint density at radius 3 is 2.73 bits per heavy atom. The smallest absolute Gasteiger partial charge is 0.199 e. The van der Waals surface area contributed by atoms with Gasteiger partial charge in [-0.15, -0.1) is 0 Å². The predicted octanol–water partition coefficient (Wildman–Crippen LogP) is 1.11. The van der Waals surface area contributed by atoms with Gasteiger partial charge in [-0.25, -0.2) is 15.0 Å². The molecule has 4 nitrogen and oxygen atoms in total. The Morgan fingerprint density at radius 2 is 2.00 bits per heavy atom.